The molecule has 192 valence electrons. The molecule has 4 heterocycles. The van der Waals surface area contributed by atoms with Crippen LogP contribution in [0.25, 0.3) is 16.9 Å². The van der Waals surface area contributed by atoms with Gasteiger partial charge in [0.15, 0.2) is 11.5 Å². The monoisotopic (exact) mass is 503 g/mol. The standard InChI is InChI=1S/C27H30FN7O2/c1-15(2)19-12-21(18-7-8-20(28)16(3)11-18)32-35-14-22(31-24(19)35)25(36)34-10-9-33(26(37)27(34,5)6)23-13-29-17(4)30-23/h7-8,11-15H,9-10H2,1-6H3,(H,29,30). The molecule has 0 saturated carbocycles. The normalized spacial score (nSPS) is 15.7. The van der Waals surface area contributed by atoms with E-state index in [1.165, 1.54) is 6.07 Å². The molecule has 0 spiro atoms. The highest BCUT2D eigenvalue weighted by molar-refractivity contribution is 6.05. The molecule has 0 radical (unpaired) electrons. The van der Waals surface area contributed by atoms with Crippen molar-refractivity contribution in [1.29, 1.82) is 0 Å². The number of nitrogens with zero attached hydrogens (tertiary/aromatic N) is 6. The number of carbonyl (C=O) groups excluding carboxylic acids is 2. The summed E-state index contributed by atoms with van der Waals surface area (Å²) in [4.78, 5) is 42.3. The minimum absolute atomic E-state index is 0.106. The summed E-state index contributed by atoms with van der Waals surface area (Å²) in [6.45, 7) is 11.8. The molecule has 1 N–H and O–H groups in total. The minimum Gasteiger partial charge on any atom is -0.347 e. The number of anilines is 1. The predicted octanol–water partition coefficient (Wildman–Crippen LogP) is 4.27. The lowest BCUT2D eigenvalue weighted by atomic mass is 9.97. The molecule has 3 aromatic heterocycles. The number of halogens is 1. The number of aromatic amines is 1. The zero-order chi connectivity index (χ0) is 26.6. The summed E-state index contributed by atoms with van der Waals surface area (Å²) in [6.07, 6.45) is 3.30. The molecule has 1 aliphatic rings. The quantitative estimate of drug-likeness (QED) is 0.449. The maximum absolute atomic E-state index is 13.8. The molecule has 0 unspecified atom stereocenters. The lowest BCUT2D eigenvalue weighted by molar-refractivity contribution is -0.129. The Labute approximate surface area is 214 Å². The number of hydrogen-bond donors (Lipinski definition) is 1. The Kier molecular flexibility index (Phi) is 5.85. The van der Waals surface area contributed by atoms with Crippen LogP contribution in [0.1, 0.15) is 61.1 Å². The van der Waals surface area contributed by atoms with Gasteiger partial charge in [0.2, 0.25) is 0 Å². The van der Waals surface area contributed by atoms with Gasteiger partial charge in [-0.15, -0.1) is 0 Å². The fraction of sp³-hybridized carbons (Fsp3) is 0.370. The molecule has 1 aromatic carbocycles. The van der Waals surface area contributed by atoms with E-state index in [9.17, 15) is 14.0 Å². The van der Waals surface area contributed by atoms with Gasteiger partial charge in [0, 0.05) is 30.4 Å². The fourth-order valence-corrected chi connectivity index (χ4v) is 4.76. The fourth-order valence-electron chi connectivity index (χ4n) is 4.76. The molecule has 37 heavy (non-hydrogen) atoms. The van der Waals surface area contributed by atoms with Gasteiger partial charge in [-0.3, -0.25) is 14.5 Å². The van der Waals surface area contributed by atoms with Crippen LogP contribution in [0.3, 0.4) is 0 Å². The van der Waals surface area contributed by atoms with Gasteiger partial charge in [0.25, 0.3) is 11.8 Å². The maximum atomic E-state index is 13.8. The molecule has 2 amide bonds. The molecular formula is C27H30FN7O2. The smallest absolute Gasteiger partial charge is 0.275 e. The second-order valence-electron chi connectivity index (χ2n) is 10.3. The van der Waals surface area contributed by atoms with Crippen molar-refractivity contribution in [2.45, 2.75) is 53.0 Å². The number of nitrogens with one attached hydrogen (secondary N) is 1. The summed E-state index contributed by atoms with van der Waals surface area (Å²) >= 11 is 0. The van der Waals surface area contributed by atoms with Crippen molar-refractivity contribution in [1.82, 2.24) is 29.5 Å². The van der Waals surface area contributed by atoms with Crippen LogP contribution < -0.4 is 4.90 Å². The summed E-state index contributed by atoms with van der Waals surface area (Å²) < 4.78 is 15.5. The number of benzene rings is 1. The number of piperazine rings is 1. The molecule has 9 nitrogen and oxygen atoms in total. The molecule has 1 fully saturated rings. The lowest BCUT2D eigenvalue weighted by Gasteiger charge is -2.44. The summed E-state index contributed by atoms with van der Waals surface area (Å²) in [5.74, 6) is 0.546. The number of aromatic nitrogens is 5. The van der Waals surface area contributed by atoms with Crippen LogP contribution in [0, 0.1) is 19.7 Å². The second kappa shape index (κ2) is 8.79. The highest BCUT2D eigenvalue weighted by Crippen LogP contribution is 2.30. The van der Waals surface area contributed by atoms with Crippen molar-refractivity contribution in [3.63, 3.8) is 0 Å². The van der Waals surface area contributed by atoms with E-state index in [2.05, 4.69) is 20.1 Å². The van der Waals surface area contributed by atoms with Crippen LogP contribution in [-0.2, 0) is 4.79 Å². The number of rotatable bonds is 4. The van der Waals surface area contributed by atoms with Crippen molar-refractivity contribution in [2.75, 3.05) is 18.0 Å². The molecule has 0 aliphatic carbocycles. The molecule has 4 aromatic rings. The van der Waals surface area contributed by atoms with Gasteiger partial charge < -0.3 is 9.88 Å². The van der Waals surface area contributed by atoms with Crippen molar-refractivity contribution in [3.05, 3.63) is 65.1 Å². The van der Waals surface area contributed by atoms with Gasteiger partial charge in [0.05, 0.1) is 11.9 Å². The second-order valence-corrected chi connectivity index (χ2v) is 10.3. The van der Waals surface area contributed by atoms with Crippen LogP contribution in [0.2, 0.25) is 0 Å². The topological polar surface area (TPSA) is 99.5 Å². The molecule has 5 rings (SSSR count). The van der Waals surface area contributed by atoms with Crippen molar-refractivity contribution >= 4 is 23.3 Å². The zero-order valence-electron chi connectivity index (χ0n) is 21.8. The summed E-state index contributed by atoms with van der Waals surface area (Å²) in [5.41, 5.74) is 2.59. The molecule has 1 aliphatic heterocycles. The number of carbonyl (C=O) groups is 2. The first-order valence-corrected chi connectivity index (χ1v) is 12.3. The first-order chi connectivity index (χ1) is 17.5. The lowest BCUT2D eigenvalue weighted by Crippen LogP contribution is -2.65. The molecule has 0 bridgehead atoms. The van der Waals surface area contributed by atoms with E-state index < -0.39 is 5.54 Å². The largest absolute Gasteiger partial charge is 0.347 e. The Bertz CT molecular complexity index is 1540. The van der Waals surface area contributed by atoms with Gasteiger partial charge in [-0.2, -0.15) is 5.10 Å². The average molecular weight is 504 g/mol. The third kappa shape index (κ3) is 4.16. The highest BCUT2D eigenvalue weighted by atomic mass is 19.1. The van der Waals surface area contributed by atoms with E-state index in [0.717, 1.165) is 11.1 Å². The van der Waals surface area contributed by atoms with Gasteiger partial charge in [-0.25, -0.2) is 18.9 Å². The van der Waals surface area contributed by atoms with Crippen molar-refractivity contribution < 1.29 is 14.0 Å². The Morgan fingerprint density at radius 3 is 2.54 bits per heavy atom. The summed E-state index contributed by atoms with van der Waals surface area (Å²) in [5, 5.41) is 4.69. The van der Waals surface area contributed by atoms with E-state index in [-0.39, 0.29) is 29.2 Å². The van der Waals surface area contributed by atoms with Crippen LogP contribution in [-0.4, -0.2) is 59.9 Å². The van der Waals surface area contributed by atoms with E-state index in [1.807, 2.05) is 26.8 Å². The summed E-state index contributed by atoms with van der Waals surface area (Å²) in [7, 11) is 0. The average Bonchev–Trinajstić information content (AvgIpc) is 3.47. The first kappa shape index (κ1) is 24.6. The number of H-pyrrole nitrogens is 1. The SMILES string of the molecule is Cc1nc(N2CCN(C(=O)c3cn4nc(-c5ccc(F)c(C)c5)cc(C(C)C)c4n3)C(C)(C)C2=O)c[nH]1. The van der Waals surface area contributed by atoms with E-state index in [1.54, 1.807) is 59.6 Å². The first-order valence-electron chi connectivity index (χ1n) is 12.3. The van der Waals surface area contributed by atoms with Crippen LogP contribution in [0.15, 0.2) is 36.7 Å². The Morgan fingerprint density at radius 2 is 1.89 bits per heavy atom. The van der Waals surface area contributed by atoms with E-state index in [4.69, 9.17) is 0 Å². The predicted molar refractivity (Wildman–Crippen MR) is 138 cm³/mol. The van der Waals surface area contributed by atoms with Gasteiger partial charge in [0.1, 0.15) is 22.9 Å². The zero-order valence-corrected chi connectivity index (χ0v) is 21.8. The number of amides is 2. The number of imidazole rings is 2. The maximum Gasteiger partial charge on any atom is 0.275 e. The van der Waals surface area contributed by atoms with E-state index in [0.29, 0.717) is 41.6 Å². The minimum atomic E-state index is -1.09. The summed E-state index contributed by atoms with van der Waals surface area (Å²) in [6, 6.07) is 6.81. The Balaban J connectivity index is 1.51. The third-order valence-corrected chi connectivity index (χ3v) is 6.95. The number of aryl methyl sites for hydroxylation is 2. The van der Waals surface area contributed by atoms with Gasteiger partial charge in [-0.05, 0) is 63.4 Å². The number of fused-ring (bicyclic) bond motifs is 1. The van der Waals surface area contributed by atoms with Crippen LogP contribution in [0.5, 0.6) is 0 Å². The van der Waals surface area contributed by atoms with Crippen molar-refractivity contribution in [3.8, 4) is 11.3 Å². The Hall–Kier alpha value is -4.08. The van der Waals surface area contributed by atoms with Gasteiger partial charge >= 0.3 is 0 Å². The van der Waals surface area contributed by atoms with Gasteiger partial charge in [-0.1, -0.05) is 13.8 Å². The molecular weight excluding hydrogens is 473 g/mol. The number of hydrogen-bond acceptors (Lipinski definition) is 5. The van der Waals surface area contributed by atoms with Crippen LogP contribution >= 0.6 is 0 Å². The molecule has 1 saturated heterocycles. The van der Waals surface area contributed by atoms with Crippen LogP contribution in [0.4, 0.5) is 10.2 Å². The highest BCUT2D eigenvalue weighted by Gasteiger charge is 2.46. The molecule has 0 atom stereocenters. The third-order valence-electron chi connectivity index (χ3n) is 6.95. The Morgan fingerprint density at radius 1 is 1.14 bits per heavy atom. The van der Waals surface area contributed by atoms with E-state index >= 15 is 0 Å². The molecule has 10 heteroatoms. The van der Waals surface area contributed by atoms with Crippen molar-refractivity contribution in [2.24, 2.45) is 0 Å².